The summed E-state index contributed by atoms with van der Waals surface area (Å²) >= 11 is 5.82. The first kappa shape index (κ1) is 14.1. The highest BCUT2D eigenvalue weighted by molar-refractivity contribution is 6.30. The monoisotopic (exact) mass is 305 g/mol. The third kappa shape index (κ3) is 2.80. The fourth-order valence-corrected chi connectivity index (χ4v) is 2.80. The molecule has 1 aliphatic heterocycles. The zero-order chi connectivity index (χ0) is 14.9. The van der Waals surface area contributed by atoms with Crippen molar-refractivity contribution >= 4 is 17.5 Å². The Kier molecular flexibility index (Phi) is 3.69. The average molecular weight is 306 g/mol. The third-order valence-corrected chi connectivity index (χ3v) is 4.12. The molecule has 3 rings (SSSR count). The Morgan fingerprint density at radius 2 is 2.14 bits per heavy atom. The summed E-state index contributed by atoms with van der Waals surface area (Å²) < 4.78 is 0. The molecular formula is C15H16ClN3O2. The minimum atomic E-state index is -0.953. The van der Waals surface area contributed by atoms with Gasteiger partial charge in [0.25, 0.3) is 5.91 Å². The molecule has 0 radical (unpaired) electrons. The van der Waals surface area contributed by atoms with Gasteiger partial charge in [0.15, 0.2) is 0 Å². The van der Waals surface area contributed by atoms with E-state index in [1.807, 2.05) is 18.2 Å². The molecule has 2 aromatic heterocycles. The number of amides is 1. The normalized spacial score (nSPS) is 17.7. The van der Waals surface area contributed by atoms with E-state index in [0.29, 0.717) is 42.3 Å². The van der Waals surface area contributed by atoms with Gasteiger partial charge in [0, 0.05) is 25.5 Å². The molecule has 0 atom stereocenters. The van der Waals surface area contributed by atoms with E-state index in [9.17, 15) is 9.90 Å². The second-order valence-corrected chi connectivity index (χ2v) is 5.71. The number of hydrogen-bond donors (Lipinski definition) is 2. The highest BCUT2D eigenvalue weighted by atomic mass is 35.5. The smallest absolute Gasteiger partial charge is 0.270 e. The van der Waals surface area contributed by atoms with Crippen molar-refractivity contribution in [2.75, 3.05) is 13.1 Å². The van der Waals surface area contributed by atoms with Crippen LogP contribution in [0.3, 0.4) is 0 Å². The molecule has 21 heavy (non-hydrogen) atoms. The maximum absolute atomic E-state index is 12.3. The van der Waals surface area contributed by atoms with E-state index < -0.39 is 5.60 Å². The van der Waals surface area contributed by atoms with E-state index in [0.717, 1.165) is 0 Å². The van der Waals surface area contributed by atoms with Gasteiger partial charge in [-0.1, -0.05) is 17.7 Å². The van der Waals surface area contributed by atoms with Crippen LogP contribution in [-0.4, -0.2) is 39.0 Å². The number of carbonyl (C=O) groups excluding carboxylic acids is 1. The molecule has 5 nitrogen and oxygen atoms in total. The molecule has 1 aliphatic rings. The molecule has 0 bridgehead atoms. The Labute approximate surface area is 127 Å². The van der Waals surface area contributed by atoms with Crippen LogP contribution < -0.4 is 0 Å². The number of pyridine rings is 1. The van der Waals surface area contributed by atoms with Gasteiger partial charge in [0.2, 0.25) is 0 Å². The number of halogens is 1. The quantitative estimate of drug-likeness (QED) is 0.893. The summed E-state index contributed by atoms with van der Waals surface area (Å²) in [6.07, 6.45) is 4.21. The SMILES string of the molecule is O=C(c1cc(Cl)c[nH]1)N1CCC(O)(c2ccccn2)CC1. The first-order valence-electron chi connectivity index (χ1n) is 6.86. The van der Waals surface area contributed by atoms with E-state index >= 15 is 0 Å². The molecule has 110 valence electrons. The first-order chi connectivity index (χ1) is 10.1. The van der Waals surface area contributed by atoms with Gasteiger partial charge in [0.05, 0.1) is 10.7 Å². The van der Waals surface area contributed by atoms with Crippen molar-refractivity contribution in [3.8, 4) is 0 Å². The summed E-state index contributed by atoms with van der Waals surface area (Å²) in [6.45, 7) is 0.977. The predicted molar refractivity (Wildman–Crippen MR) is 79.1 cm³/mol. The molecule has 0 spiro atoms. The standard InChI is InChI=1S/C15H16ClN3O2/c16-11-9-12(18-10-11)14(20)19-7-4-15(21,5-8-19)13-3-1-2-6-17-13/h1-3,6,9-10,18,21H,4-5,7-8H2. The summed E-state index contributed by atoms with van der Waals surface area (Å²) in [5.74, 6) is -0.0926. The van der Waals surface area contributed by atoms with Crippen LogP contribution in [0.15, 0.2) is 36.7 Å². The van der Waals surface area contributed by atoms with Gasteiger partial charge >= 0.3 is 0 Å². The molecule has 2 N–H and O–H groups in total. The van der Waals surface area contributed by atoms with Crippen molar-refractivity contribution in [3.63, 3.8) is 0 Å². The van der Waals surface area contributed by atoms with Crippen molar-refractivity contribution in [2.45, 2.75) is 18.4 Å². The molecule has 3 heterocycles. The van der Waals surface area contributed by atoms with Crippen molar-refractivity contribution in [3.05, 3.63) is 53.1 Å². The topological polar surface area (TPSA) is 69.2 Å². The Bertz CT molecular complexity index is 633. The summed E-state index contributed by atoms with van der Waals surface area (Å²) in [6, 6.07) is 7.12. The van der Waals surface area contributed by atoms with Crippen LogP contribution in [0.4, 0.5) is 0 Å². The van der Waals surface area contributed by atoms with Gasteiger partial charge in [-0.15, -0.1) is 0 Å². The molecule has 0 aliphatic carbocycles. The van der Waals surface area contributed by atoms with E-state index in [1.54, 1.807) is 23.4 Å². The van der Waals surface area contributed by atoms with Gasteiger partial charge in [0.1, 0.15) is 11.3 Å². The van der Waals surface area contributed by atoms with E-state index in [4.69, 9.17) is 11.6 Å². The number of nitrogens with zero attached hydrogens (tertiary/aromatic N) is 2. The van der Waals surface area contributed by atoms with Crippen molar-refractivity contribution < 1.29 is 9.90 Å². The molecule has 1 amide bonds. The van der Waals surface area contributed by atoms with Crippen LogP contribution in [0.5, 0.6) is 0 Å². The molecule has 0 saturated carbocycles. The lowest BCUT2D eigenvalue weighted by Crippen LogP contribution is -2.45. The highest BCUT2D eigenvalue weighted by Gasteiger charge is 2.36. The number of H-pyrrole nitrogens is 1. The lowest BCUT2D eigenvalue weighted by atomic mass is 9.87. The minimum absolute atomic E-state index is 0.0926. The number of rotatable bonds is 2. The van der Waals surface area contributed by atoms with Crippen LogP contribution in [0.25, 0.3) is 0 Å². The number of hydrogen-bond acceptors (Lipinski definition) is 3. The Morgan fingerprint density at radius 1 is 1.38 bits per heavy atom. The summed E-state index contributed by atoms with van der Waals surface area (Å²) in [5, 5.41) is 11.2. The maximum Gasteiger partial charge on any atom is 0.270 e. The van der Waals surface area contributed by atoms with E-state index in [2.05, 4.69) is 9.97 Å². The van der Waals surface area contributed by atoms with Gasteiger partial charge in [-0.3, -0.25) is 9.78 Å². The molecule has 1 saturated heterocycles. The number of aromatic amines is 1. The molecule has 0 aromatic carbocycles. The lowest BCUT2D eigenvalue weighted by molar-refractivity contribution is -0.0245. The van der Waals surface area contributed by atoms with Gasteiger partial charge in [-0.05, 0) is 31.0 Å². The first-order valence-corrected chi connectivity index (χ1v) is 7.23. The number of aliphatic hydroxyl groups is 1. The van der Waals surface area contributed by atoms with E-state index in [-0.39, 0.29) is 5.91 Å². The zero-order valence-corrected chi connectivity index (χ0v) is 12.2. The van der Waals surface area contributed by atoms with Gasteiger partial charge in [-0.25, -0.2) is 0 Å². The minimum Gasteiger partial charge on any atom is -0.383 e. The van der Waals surface area contributed by atoms with Crippen molar-refractivity contribution in [2.24, 2.45) is 0 Å². The van der Waals surface area contributed by atoms with Crippen molar-refractivity contribution in [1.82, 2.24) is 14.9 Å². The Hall–Kier alpha value is -1.85. The number of nitrogens with one attached hydrogen (secondary N) is 1. The number of piperidine rings is 1. The van der Waals surface area contributed by atoms with Gasteiger partial charge < -0.3 is 15.0 Å². The fourth-order valence-electron chi connectivity index (χ4n) is 2.64. The second kappa shape index (κ2) is 5.50. The van der Waals surface area contributed by atoms with Gasteiger partial charge in [-0.2, -0.15) is 0 Å². The fraction of sp³-hybridized carbons (Fsp3) is 0.333. The predicted octanol–water partition coefficient (Wildman–Crippen LogP) is 2.19. The van der Waals surface area contributed by atoms with Crippen molar-refractivity contribution in [1.29, 1.82) is 0 Å². The summed E-state index contributed by atoms with van der Waals surface area (Å²) in [5.41, 5.74) is 0.189. The Morgan fingerprint density at radius 3 is 2.71 bits per heavy atom. The number of likely N-dealkylation sites (tertiary alicyclic amines) is 1. The lowest BCUT2D eigenvalue weighted by Gasteiger charge is -2.37. The van der Waals surface area contributed by atoms with Crippen LogP contribution >= 0.6 is 11.6 Å². The largest absolute Gasteiger partial charge is 0.383 e. The molecule has 1 fully saturated rings. The van der Waals surface area contributed by atoms with E-state index in [1.165, 1.54) is 0 Å². The maximum atomic E-state index is 12.3. The number of aromatic nitrogens is 2. The molecule has 0 unspecified atom stereocenters. The summed E-state index contributed by atoms with van der Waals surface area (Å²) in [7, 11) is 0. The zero-order valence-electron chi connectivity index (χ0n) is 11.4. The highest BCUT2D eigenvalue weighted by Crippen LogP contribution is 2.31. The van der Waals surface area contributed by atoms with Crippen LogP contribution in [0, 0.1) is 0 Å². The summed E-state index contributed by atoms with van der Waals surface area (Å²) in [4.78, 5) is 21.1. The molecule has 2 aromatic rings. The number of carbonyl (C=O) groups is 1. The molecular weight excluding hydrogens is 290 g/mol. The van der Waals surface area contributed by atoms with Crippen LogP contribution in [0.2, 0.25) is 5.02 Å². The van der Waals surface area contributed by atoms with Crippen LogP contribution in [-0.2, 0) is 5.60 Å². The van der Waals surface area contributed by atoms with Crippen LogP contribution in [0.1, 0.15) is 29.0 Å². The molecule has 6 heteroatoms. The second-order valence-electron chi connectivity index (χ2n) is 5.27. The average Bonchev–Trinajstić information content (AvgIpc) is 2.95. The third-order valence-electron chi connectivity index (χ3n) is 3.90. The Balaban J connectivity index is 1.69.